The number of nitrogens with zero attached hydrogens (tertiary/aromatic N) is 1. The van der Waals surface area contributed by atoms with Crippen LogP contribution in [0.2, 0.25) is 0 Å². The van der Waals surface area contributed by atoms with Crippen molar-refractivity contribution in [1.82, 2.24) is 4.90 Å². The molecule has 1 N–H and O–H groups in total. The van der Waals surface area contributed by atoms with Crippen molar-refractivity contribution in [3.05, 3.63) is 29.3 Å². The van der Waals surface area contributed by atoms with E-state index in [0.29, 0.717) is 6.54 Å². The molecule has 1 aliphatic rings. The van der Waals surface area contributed by atoms with E-state index in [0.717, 1.165) is 31.7 Å². The molecule has 1 fully saturated rings. The van der Waals surface area contributed by atoms with Crippen LogP contribution in [0.3, 0.4) is 0 Å². The minimum absolute atomic E-state index is 0. The number of halogens is 1. The SMILES string of the molecule is Cc1ccc(C)c(OC2CCN(CCC(=O)O)CC2)c1.Cl. The monoisotopic (exact) mass is 313 g/mol. The summed E-state index contributed by atoms with van der Waals surface area (Å²) in [6, 6.07) is 6.27. The normalized spacial score (nSPS) is 16.3. The Hall–Kier alpha value is -1.26. The minimum Gasteiger partial charge on any atom is -0.490 e. The fraction of sp³-hybridized carbons (Fsp3) is 0.562. The first-order valence-corrected chi connectivity index (χ1v) is 7.22. The largest absolute Gasteiger partial charge is 0.490 e. The molecule has 21 heavy (non-hydrogen) atoms. The van der Waals surface area contributed by atoms with Crippen LogP contribution in [0.1, 0.15) is 30.4 Å². The van der Waals surface area contributed by atoms with Crippen molar-refractivity contribution in [2.75, 3.05) is 19.6 Å². The first kappa shape index (κ1) is 17.8. The molecule has 0 aliphatic carbocycles. The van der Waals surface area contributed by atoms with Gasteiger partial charge in [0, 0.05) is 19.6 Å². The van der Waals surface area contributed by atoms with E-state index in [9.17, 15) is 4.79 Å². The van der Waals surface area contributed by atoms with Crippen molar-refractivity contribution in [3.63, 3.8) is 0 Å². The number of carbonyl (C=O) groups is 1. The maximum atomic E-state index is 10.6. The maximum Gasteiger partial charge on any atom is 0.304 e. The number of rotatable bonds is 5. The number of aryl methyl sites for hydroxylation is 2. The molecular weight excluding hydrogens is 290 g/mol. The molecule has 0 aromatic heterocycles. The molecule has 0 amide bonds. The second kappa shape index (κ2) is 8.25. The van der Waals surface area contributed by atoms with E-state index in [2.05, 4.69) is 36.9 Å². The van der Waals surface area contributed by atoms with Crippen LogP contribution in [0.5, 0.6) is 5.75 Å². The molecule has 1 aliphatic heterocycles. The predicted octanol–water partition coefficient (Wildman–Crippen LogP) is 3.04. The van der Waals surface area contributed by atoms with E-state index >= 15 is 0 Å². The van der Waals surface area contributed by atoms with Crippen LogP contribution in [0.15, 0.2) is 18.2 Å². The highest BCUT2D eigenvalue weighted by atomic mass is 35.5. The topological polar surface area (TPSA) is 49.8 Å². The number of hydrogen-bond donors (Lipinski definition) is 1. The number of carboxylic acids is 1. The molecule has 0 saturated carbocycles. The molecule has 0 bridgehead atoms. The lowest BCUT2D eigenvalue weighted by atomic mass is 10.1. The highest BCUT2D eigenvalue weighted by Gasteiger charge is 2.21. The number of piperidine rings is 1. The van der Waals surface area contributed by atoms with Crippen LogP contribution in [0, 0.1) is 13.8 Å². The molecule has 1 saturated heterocycles. The number of carboxylic acid groups (broad SMARTS) is 1. The second-order valence-electron chi connectivity index (χ2n) is 5.57. The van der Waals surface area contributed by atoms with Gasteiger partial charge in [-0.2, -0.15) is 0 Å². The van der Waals surface area contributed by atoms with Crippen molar-refractivity contribution in [2.45, 2.75) is 39.2 Å². The summed E-state index contributed by atoms with van der Waals surface area (Å²) in [5.41, 5.74) is 2.38. The Balaban J connectivity index is 0.00000220. The molecule has 2 rings (SSSR count). The summed E-state index contributed by atoms with van der Waals surface area (Å²) in [6.45, 7) is 6.62. The zero-order valence-corrected chi connectivity index (χ0v) is 13.5. The average molecular weight is 314 g/mol. The van der Waals surface area contributed by atoms with Gasteiger partial charge in [-0.25, -0.2) is 0 Å². The van der Waals surface area contributed by atoms with E-state index in [-0.39, 0.29) is 24.9 Å². The fourth-order valence-electron chi connectivity index (χ4n) is 2.52. The third-order valence-corrected chi connectivity index (χ3v) is 3.81. The Morgan fingerprint density at radius 2 is 2.00 bits per heavy atom. The molecule has 5 heteroatoms. The molecule has 0 unspecified atom stereocenters. The molecule has 4 nitrogen and oxygen atoms in total. The molecule has 0 atom stereocenters. The summed E-state index contributed by atoms with van der Waals surface area (Å²) in [7, 11) is 0. The number of benzene rings is 1. The first-order chi connectivity index (χ1) is 9.54. The van der Waals surface area contributed by atoms with Gasteiger partial charge in [0.05, 0.1) is 6.42 Å². The maximum absolute atomic E-state index is 10.6. The highest BCUT2D eigenvalue weighted by molar-refractivity contribution is 5.85. The lowest BCUT2D eigenvalue weighted by Crippen LogP contribution is -2.39. The summed E-state index contributed by atoms with van der Waals surface area (Å²) in [4.78, 5) is 12.8. The van der Waals surface area contributed by atoms with Gasteiger partial charge < -0.3 is 14.7 Å². The van der Waals surface area contributed by atoms with Crippen molar-refractivity contribution in [1.29, 1.82) is 0 Å². The molecule has 1 aromatic carbocycles. The van der Waals surface area contributed by atoms with Gasteiger partial charge in [0.15, 0.2) is 0 Å². The number of aliphatic carboxylic acids is 1. The van der Waals surface area contributed by atoms with Crippen LogP contribution in [0.4, 0.5) is 0 Å². The number of hydrogen-bond acceptors (Lipinski definition) is 3. The Morgan fingerprint density at radius 1 is 1.33 bits per heavy atom. The van der Waals surface area contributed by atoms with Gasteiger partial charge >= 0.3 is 5.97 Å². The lowest BCUT2D eigenvalue weighted by Gasteiger charge is -2.32. The van der Waals surface area contributed by atoms with E-state index in [1.54, 1.807) is 0 Å². The van der Waals surface area contributed by atoms with Gasteiger partial charge in [0.25, 0.3) is 0 Å². The Kier molecular flexibility index (Phi) is 6.99. The summed E-state index contributed by atoms with van der Waals surface area (Å²) in [5.74, 6) is 0.257. The molecule has 118 valence electrons. The first-order valence-electron chi connectivity index (χ1n) is 7.22. The standard InChI is InChI=1S/C16H23NO3.ClH/c1-12-3-4-13(2)15(11-12)20-14-5-8-17(9-6-14)10-7-16(18)19;/h3-4,11,14H,5-10H2,1-2H3,(H,18,19);1H. The van der Waals surface area contributed by atoms with E-state index in [4.69, 9.17) is 9.84 Å². The van der Waals surface area contributed by atoms with E-state index in [1.807, 2.05) is 0 Å². The Morgan fingerprint density at radius 3 is 2.62 bits per heavy atom. The quantitative estimate of drug-likeness (QED) is 0.907. The van der Waals surface area contributed by atoms with Crippen molar-refractivity contribution < 1.29 is 14.6 Å². The van der Waals surface area contributed by atoms with Crippen LogP contribution in [-0.4, -0.2) is 41.7 Å². The van der Waals surface area contributed by atoms with Crippen LogP contribution < -0.4 is 4.74 Å². The molecule has 0 radical (unpaired) electrons. The van der Waals surface area contributed by atoms with Crippen LogP contribution in [0.25, 0.3) is 0 Å². The summed E-state index contributed by atoms with van der Waals surface area (Å²) < 4.78 is 6.10. The Labute approximate surface area is 132 Å². The van der Waals surface area contributed by atoms with Gasteiger partial charge in [-0.05, 0) is 43.9 Å². The summed E-state index contributed by atoms with van der Waals surface area (Å²) >= 11 is 0. The van der Waals surface area contributed by atoms with Gasteiger partial charge in [-0.15, -0.1) is 12.4 Å². The van der Waals surface area contributed by atoms with Gasteiger partial charge in [-0.3, -0.25) is 4.79 Å². The van der Waals surface area contributed by atoms with Gasteiger partial charge in [0.2, 0.25) is 0 Å². The molecule has 1 aromatic rings. The number of ether oxygens (including phenoxy) is 1. The Bertz CT molecular complexity index is 471. The summed E-state index contributed by atoms with van der Waals surface area (Å²) in [6.07, 6.45) is 2.40. The van der Waals surface area contributed by atoms with Crippen molar-refractivity contribution in [2.24, 2.45) is 0 Å². The van der Waals surface area contributed by atoms with Crippen molar-refractivity contribution in [3.8, 4) is 5.75 Å². The average Bonchev–Trinajstić information content (AvgIpc) is 2.42. The zero-order chi connectivity index (χ0) is 14.5. The minimum atomic E-state index is -0.723. The van der Waals surface area contributed by atoms with Gasteiger partial charge in [-0.1, -0.05) is 12.1 Å². The fourth-order valence-corrected chi connectivity index (χ4v) is 2.52. The lowest BCUT2D eigenvalue weighted by molar-refractivity contribution is -0.137. The van der Waals surface area contributed by atoms with E-state index in [1.165, 1.54) is 11.1 Å². The smallest absolute Gasteiger partial charge is 0.304 e. The second-order valence-corrected chi connectivity index (χ2v) is 5.57. The molecule has 0 spiro atoms. The number of likely N-dealkylation sites (tertiary alicyclic amines) is 1. The van der Waals surface area contributed by atoms with Gasteiger partial charge in [0.1, 0.15) is 11.9 Å². The third kappa shape index (κ3) is 5.56. The predicted molar refractivity (Wildman–Crippen MR) is 85.5 cm³/mol. The van der Waals surface area contributed by atoms with Crippen molar-refractivity contribution >= 4 is 18.4 Å². The zero-order valence-electron chi connectivity index (χ0n) is 12.7. The molecular formula is C16H24ClNO3. The molecule has 1 heterocycles. The van der Waals surface area contributed by atoms with Crippen LogP contribution >= 0.6 is 12.4 Å². The third-order valence-electron chi connectivity index (χ3n) is 3.81. The van der Waals surface area contributed by atoms with Crippen LogP contribution in [-0.2, 0) is 4.79 Å². The van der Waals surface area contributed by atoms with E-state index < -0.39 is 5.97 Å². The highest BCUT2D eigenvalue weighted by Crippen LogP contribution is 2.23. The summed E-state index contributed by atoms with van der Waals surface area (Å²) in [5, 5.41) is 8.70.